The van der Waals surface area contributed by atoms with Crippen LogP contribution in [-0.2, 0) is 10.7 Å². The summed E-state index contributed by atoms with van der Waals surface area (Å²) in [6, 6.07) is 2.43. The Morgan fingerprint density at radius 1 is 1.44 bits per heavy atom. The minimum atomic E-state index is -2.98. The van der Waals surface area contributed by atoms with Crippen LogP contribution in [0.15, 0.2) is 12.1 Å². The first-order valence-corrected chi connectivity index (χ1v) is 4.64. The molecule has 5 heteroatoms. The van der Waals surface area contributed by atoms with Crippen LogP contribution < -0.4 is 5.73 Å². The molecule has 0 amide bonds. The number of esters is 1. The minimum Gasteiger partial charge on any atom is -0.465 e. The molecule has 0 aliphatic carbocycles. The summed E-state index contributed by atoms with van der Waals surface area (Å²) in [6.07, 6.45) is 0. The zero-order chi connectivity index (χ0) is 12.5. The number of carbonyl (C=O) groups is 1. The Balaban J connectivity index is 3.33. The van der Waals surface area contributed by atoms with E-state index in [0.29, 0.717) is 5.56 Å². The van der Waals surface area contributed by atoms with Crippen LogP contribution in [0.1, 0.15) is 28.4 Å². The normalized spacial score (nSPS) is 11.3. The van der Waals surface area contributed by atoms with Gasteiger partial charge in [-0.15, -0.1) is 0 Å². The summed E-state index contributed by atoms with van der Waals surface area (Å²) < 4.78 is 30.8. The van der Waals surface area contributed by atoms with Gasteiger partial charge in [0.15, 0.2) is 0 Å². The summed E-state index contributed by atoms with van der Waals surface area (Å²) in [7, 11) is 1.21. The van der Waals surface area contributed by atoms with Gasteiger partial charge in [-0.05, 0) is 24.6 Å². The second-order valence-corrected chi connectivity index (χ2v) is 3.63. The molecule has 0 bridgehead atoms. The molecule has 1 aromatic rings. The second-order valence-electron chi connectivity index (χ2n) is 3.63. The number of halogens is 2. The van der Waals surface area contributed by atoms with E-state index < -0.39 is 11.9 Å². The van der Waals surface area contributed by atoms with Crippen LogP contribution in [0.4, 0.5) is 14.5 Å². The molecule has 0 atom stereocenters. The highest BCUT2D eigenvalue weighted by atomic mass is 19.3. The van der Waals surface area contributed by atoms with Crippen molar-refractivity contribution in [2.24, 2.45) is 0 Å². The molecule has 0 aliphatic rings. The number of hydrogen-bond donors (Lipinski definition) is 1. The summed E-state index contributed by atoms with van der Waals surface area (Å²) >= 11 is 0. The highest BCUT2D eigenvalue weighted by Gasteiger charge is 2.28. The number of ether oxygens (including phenoxy) is 1. The first-order chi connectivity index (χ1) is 7.27. The lowest BCUT2D eigenvalue weighted by Gasteiger charge is -2.16. The van der Waals surface area contributed by atoms with Crippen LogP contribution >= 0.6 is 0 Å². The van der Waals surface area contributed by atoms with E-state index in [2.05, 4.69) is 4.74 Å². The number of benzene rings is 1. The molecule has 88 valence electrons. The number of nitrogens with two attached hydrogens (primary N) is 1. The topological polar surface area (TPSA) is 52.3 Å². The van der Waals surface area contributed by atoms with Crippen LogP contribution in [-0.4, -0.2) is 13.1 Å². The van der Waals surface area contributed by atoms with E-state index in [1.807, 2.05) is 0 Å². The monoisotopic (exact) mass is 229 g/mol. The van der Waals surface area contributed by atoms with Crippen LogP contribution in [0.5, 0.6) is 0 Å². The molecule has 0 saturated carbocycles. The zero-order valence-electron chi connectivity index (χ0n) is 9.30. The summed E-state index contributed by atoms with van der Waals surface area (Å²) in [5.74, 6) is -3.61. The predicted octanol–water partition coefficient (Wildman–Crippen LogP) is 2.48. The number of carbonyl (C=O) groups excluding carboxylic acids is 1. The number of aryl methyl sites for hydroxylation is 1. The smallest absolute Gasteiger partial charge is 0.339 e. The lowest BCUT2D eigenvalue weighted by Crippen LogP contribution is -2.13. The van der Waals surface area contributed by atoms with Gasteiger partial charge in [0.05, 0.1) is 12.7 Å². The molecule has 0 saturated heterocycles. The van der Waals surface area contributed by atoms with E-state index in [0.717, 1.165) is 13.0 Å². The Morgan fingerprint density at radius 2 is 2.00 bits per heavy atom. The number of methoxy groups -OCH3 is 1. The van der Waals surface area contributed by atoms with Crippen LogP contribution in [0.3, 0.4) is 0 Å². The third-order valence-electron chi connectivity index (χ3n) is 2.27. The highest BCUT2D eigenvalue weighted by Crippen LogP contribution is 2.32. The van der Waals surface area contributed by atoms with Gasteiger partial charge >= 0.3 is 5.97 Å². The molecule has 3 nitrogen and oxygen atoms in total. The van der Waals surface area contributed by atoms with Gasteiger partial charge in [-0.2, -0.15) is 0 Å². The SMILES string of the molecule is COC(=O)c1cc(C)c(C(C)(F)F)cc1N. The van der Waals surface area contributed by atoms with Crippen molar-refractivity contribution in [3.05, 3.63) is 28.8 Å². The quantitative estimate of drug-likeness (QED) is 0.626. The maximum absolute atomic E-state index is 13.1. The van der Waals surface area contributed by atoms with Crippen LogP contribution in [0, 0.1) is 6.92 Å². The molecule has 0 heterocycles. The van der Waals surface area contributed by atoms with Crippen LogP contribution in [0.25, 0.3) is 0 Å². The Morgan fingerprint density at radius 3 is 2.44 bits per heavy atom. The molecule has 0 aliphatic heterocycles. The molecule has 1 rings (SSSR count). The van der Waals surface area contributed by atoms with E-state index in [4.69, 9.17) is 5.73 Å². The molecule has 0 radical (unpaired) electrons. The van der Waals surface area contributed by atoms with Crippen molar-refractivity contribution in [1.29, 1.82) is 0 Å². The van der Waals surface area contributed by atoms with Crippen molar-refractivity contribution in [2.75, 3.05) is 12.8 Å². The average Bonchev–Trinajstić information content (AvgIpc) is 2.18. The summed E-state index contributed by atoms with van der Waals surface area (Å²) in [5, 5.41) is 0. The zero-order valence-corrected chi connectivity index (χ0v) is 9.30. The van der Waals surface area contributed by atoms with Gasteiger partial charge in [-0.25, -0.2) is 13.6 Å². The Labute approximate surface area is 92.2 Å². The fraction of sp³-hybridized carbons (Fsp3) is 0.364. The predicted molar refractivity (Wildman–Crippen MR) is 56.5 cm³/mol. The largest absolute Gasteiger partial charge is 0.465 e. The highest BCUT2D eigenvalue weighted by molar-refractivity contribution is 5.95. The second kappa shape index (κ2) is 4.08. The maximum Gasteiger partial charge on any atom is 0.339 e. The van der Waals surface area contributed by atoms with Crippen molar-refractivity contribution in [1.82, 2.24) is 0 Å². The van der Waals surface area contributed by atoms with E-state index in [1.54, 1.807) is 0 Å². The average molecular weight is 229 g/mol. The van der Waals surface area contributed by atoms with Crippen molar-refractivity contribution in [3.8, 4) is 0 Å². The molecule has 0 spiro atoms. The van der Waals surface area contributed by atoms with Gasteiger partial charge in [-0.3, -0.25) is 0 Å². The number of rotatable bonds is 2. The number of hydrogen-bond acceptors (Lipinski definition) is 3. The molecule has 0 aromatic heterocycles. The van der Waals surface area contributed by atoms with E-state index in [1.165, 1.54) is 20.1 Å². The standard InChI is InChI=1S/C11H13F2NO2/c1-6-4-7(10(15)16-3)9(14)5-8(6)11(2,12)13/h4-5H,14H2,1-3H3. The van der Waals surface area contributed by atoms with Crippen molar-refractivity contribution < 1.29 is 18.3 Å². The Hall–Kier alpha value is -1.65. The van der Waals surface area contributed by atoms with Gasteiger partial charge < -0.3 is 10.5 Å². The van der Waals surface area contributed by atoms with Gasteiger partial charge in [0.1, 0.15) is 0 Å². The van der Waals surface area contributed by atoms with Crippen molar-refractivity contribution >= 4 is 11.7 Å². The molecular formula is C11H13F2NO2. The summed E-state index contributed by atoms with van der Waals surface area (Å²) in [4.78, 5) is 11.3. The number of alkyl halides is 2. The van der Waals surface area contributed by atoms with Gasteiger partial charge in [0.2, 0.25) is 0 Å². The van der Waals surface area contributed by atoms with Gasteiger partial charge in [-0.1, -0.05) is 0 Å². The van der Waals surface area contributed by atoms with Crippen LogP contribution in [0.2, 0.25) is 0 Å². The maximum atomic E-state index is 13.1. The fourth-order valence-electron chi connectivity index (χ4n) is 1.48. The fourth-order valence-corrected chi connectivity index (χ4v) is 1.48. The third-order valence-corrected chi connectivity index (χ3v) is 2.27. The number of anilines is 1. The van der Waals surface area contributed by atoms with Gasteiger partial charge in [0.25, 0.3) is 5.92 Å². The van der Waals surface area contributed by atoms with Crippen molar-refractivity contribution in [3.63, 3.8) is 0 Å². The van der Waals surface area contributed by atoms with E-state index in [-0.39, 0.29) is 16.8 Å². The Kier molecular flexibility index (Phi) is 3.16. The molecule has 1 aromatic carbocycles. The summed E-state index contributed by atoms with van der Waals surface area (Å²) in [5.41, 5.74) is 5.75. The lowest BCUT2D eigenvalue weighted by molar-refractivity contribution is 0.0168. The third kappa shape index (κ3) is 2.29. The van der Waals surface area contributed by atoms with Gasteiger partial charge in [0, 0.05) is 18.2 Å². The lowest BCUT2D eigenvalue weighted by atomic mass is 9.99. The van der Waals surface area contributed by atoms with E-state index in [9.17, 15) is 13.6 Å². The van der Waals surface area contributed by atoms with Crippen molar-refractivity contribution in [2.45, 2.75) is 19.8 Å². The van der Waals surface area contributed by atoms with E-state index >= 15 is 0 Å². The summed E-state index contributed by atoms with van der Waals surface area (Å²) in [6.45, 7) is 2.28. The first kappa shape index (κ1) is 12.4. The Bertz CT molecular complexity index is 425. The molecule has 0 fully saturated rings. The molecule has 0 unspecified atom stereocenters. The molecular weight excluding hydrogens is 216 g/mol. The molecule has 2 N–H and O–H groups in total. The molecule has 16 heavy (non-hydrogen) atoms. The number of nitrogen functional groups attached to an aromatic ring is 1. The first-order valence-electron chi connectivity index (χ1n) is 4.64. The minimum absolute atomic E-state index is 0.00558.